The van der Waals surface area contributed by atoms with Crippen molar-refractivity contribution in [2.75, 3.05) is 0 Å². The zero-order valence-corrected chi connectivity index (χ0v) is 14.3. The van der Waals surface area contributed by atoms with Crippen molar-refractivity contribution in [3.8, 4) is 22.5 Å². The second-order valence-corrected chi connectivity index (χ2v) is 6.69. The quantitative estimate of drug-likeness (QED) is 0.478. The molecule has 3 aromatic heterocycles. The van der Waals surface area contributed by atoms with Gasteiger partial charge in [0.05, 0.1) is 11.3 Å². The Labute approximate surface area is 152 Å². The lowest BCUT2D eigenvalue weighted by Crippen LogP contribution is -1.95. The fraction of sp³-hybridized carbons (Fsp3) is 0.158. The molecular weight excluding hydrogens is 358 g/mol. The van der Waals surface area contributed by atoms with Gasteiger partial charge in [-0.25, -0.2) is 13.8 Å². The highest BCUT2D eigenvalue weighted by molar-refractivity contribution is 6.31. The molecule has 26 heavy (non-hydrogen) atoms. The first-order valence-corrected chi connectivity index (χ1v) is 8.69. The standard InChI is InChI=1S/C19H13ClF2N4/c20-17-12(21)7-6-11(18(17)22)19-16(14-4-3-9-26(14)24-19)13-10-25-8-2-1-5-15(25)23-13/h1-2,5-8,10H,3-4,9H2. The lowest BCUT2D eigenvalue weighted by atomic mass is 10.0. The van der Waals surface area contributed by atoms with Crippen LogP contribution in [0.3, 0.4) is 0 Å². The second kappa shape index (κ2) is 5.64. The summed E-state index contributed by atoms with van der Waals surface area (Å²) in [6, 6.07) is 8.28. The minimum atomic E-state index is -0.798. The molecule has 0 bridgehead atoms. The number of pyridine rings is 1. The highest BCUT2D eigenvalue weighted by Crippen LogP contribution is 2.39. The second-order valence-electron chi connectivity index (χ2n) is 6.31. The zero-order chi connectivity index (χ0) is 17.8. The fourth-order valence-electron chi connectivity index (χ4n) is 3.55. The predicted molar refractivity (Wildman–Crippen MR) is 95.1 cm³/mol. The van der Waals surface area contributed by atoms with E-state index in [9.17, 15) is 8.78 Å². The first-order valence-electron chi connectivity index (χ1n) is 8.31. The highest BCUT2D eigenvalue weighted by atomic mass is 35.5. The Morgan fingerprint density at radius 1 is 1.12 bits per heavy atom. The van der Waals surface area contributed by atoms with Gasteiger partial charge in [0.2, 0.25) is 0 Å². The Morgan fingerprint density at radius 2 is 2.00 bits per heavy atom. The number of aryl methyl sites for hydroxylation is 1. The highest BCUT2D eigenvalue weighted by Gasteiger charge is 2.27. The molecule has 0 amide bonds. The number of halogens is 3. The largest absolute Gasteiger partial charge is 0.306 e. The maximum atomic E-state index is 14.7. The molecule has 0 saturated carbocycles. The maximum Gasteiger partial charge on any atom is 0.154 e. The smallest absolute Gasteiger partial charge is 0.154 e. The van der Waals surface area contributed by atoms with Crippen LogP contribution in [-0.4, -0.2) is 19.2 Å². The van der Waals surface area contributed by atoms with Crippen molar-refractivity contribution >= 4 is 17.2 Å². The van der Waals surface area contributed by atoms with E-state index in [1.54, 1.807) is 0 Å². The van der Waals surface area contributed by atoms with Crippen LogP contribution in [0.1, 0.15) is 12.1 Å². The molecule has 0 fully saturated rings. The van der Waals surface area contributed by atoms with E-state index in [4.69, 9.17) is 11.6 Å². The van der Waals surface area contributed by atoms with Gasteiger partial charge in [0.15, 0.2) is 5.82 Å². The van der Waals surface area contributed by atoms with Crippen LogP contribution in [0.25, 0.3) is 28.2 Å². The molecule has 0 N–H and O–H groups in total. The van der Waals surface area contributed by atoms with E-state index < -0.39 is 16.7 Å². The molecule has 5 rings (SSSR count). The van der Waals surface area contributed by atoms with Gasteiger partial charge in [-0.2, -0.15) is 5.10 Å². The van der Waals surface area contributed by atoms with Gasteiger partial charge >= 0.3 is 0 Å². The van der Waals surface area contributed by atoms with Crippen molar-refractivity contribution < 1.29 is 8.78 Å². The van der Waals surface area contributed by atoms with E-state index in [-0.39, 0.29) is 5.56 Å². The van der Waals surface area contributed by atoms with Crippen LogP contribution in [-0.2, 0) is 13.0 Å². The van der Waals surface area contributed by atoms with E-state index in [0.717, 1.165) is 36.3 Å². The van der Waals surface area contributed by atoms with Gasteiger partial charge in [-0.05, 0) is 37.1 Å². The fourth-order valence-corrected chi connectivity index (χ4v) is 3.72. The third-order valence-electron chi connectivity index (χ3n) is 4.75. The number of aromatic nitrogens is 4. The number of nitrogens with zero attached hydrogens (tertiary/aromatic N) is 4. The first kappa shape index (κ1) is 15.5. The molecule has 1 aliphatic rings. The van der Waals surface area contributed by atoms with E-state index in [0.29, 0.717) is 11.4 Å². The van der Waals surface area contributed by atoms with Crippen molar-refractivity contribution in [2.45, 2.75) is 19.4 Å². The number of hydrogen-bond donors (Lipinski definition) is 0. The van der Waals surface area contributed by atoms with Gasteiger partial charge in [0.1, 0.15) is 22.2 Å². The number of benzene rings is 1. The molecule has 0 saturated heterocycles. The van der Waals surface area contributed by atoms with Gasteiger partial charge in [-0.3, -0.25) is 4.68 Å². The summed E-state index contributed by atoms with van der Waals surface area (Å²) in [5, 5.41) is 4.07. The van der Waals surface area contributed by atoms with Crippen LogP contribution in [0.15, 0.2) is 42.7 Å². The molecule has 4 nitrogen and oxygen atoms in total. The van der Waals surface area contributed by atoms with E-state index in [2.05, 4.69) is 10.1 Å². The van der Waals surface area contributed by atoms with Crippen LogP contribution >= 0.6 is 11.6 Å². The summed E-state index contributed by atoms with van der Waals surface area (Å²) in [5.74, 6) is -1.58. The Kier molecular flexibility index (Phi) is 3.37. The monoisotopic (exact) mass is 370 g/mol. The van der Waals surface area contributed by atoms with E-state index in [1.807, 2.05) is 39.7 Å². The third kappa shape index (κ3) is 2.18. The molecule has 0 atom stereocenters. The van der Waals surface area contributed by atoms with Gasteiger partial charge < -0.3 is 4.40 Å². The number of rotatable bonds is 2. The van der Waals surface area contributed by atoms with Crippen molar-refractivity contribution in [1.82, 2.24) is 19.2 Å². The first-order chi connectivity index (χ1) is 12.6. The van der Waals surface area contributed by atoms with Crippen LogP contribution < -0.4 is 0 Å². The lowest BCUT2D eigenvalue weighted by Gasteiger charge is -2.06. The molecule has 0 radical (unpaired) electrons. The van der Waals surface area contributed by atoms with E-state index in [1.165, 1.54) is 12.1 Å². The Hall–Kier alpha value is -2.73. The normalized spacial score (nSPS) is 13.5. The average Bonchev–Trinajstić information content (AvgIpc) is 3.32. The van der Waals surface area contributed by atoms with Crippen LogP contribution in [0.5, 0.6) is 0 Å². The molecule has 0 unspecified atom stereocenters. The molecule has 1 aliphatic heterocycles. The summed E-state index contributed by atoms with van der Waals surface area (Å²) < 4.78 is 32.0. The molecule has 7 heteroatoms. The number of imidazole rings is 1. The minimum Gasteiger partial charge on any atom is -0.306 e. The Bertz CT molecular complexity index is 1130. The minimum absolute atomic E-state index is 0.186. The Morgan fingerprint density at radius 3 is 2.85 bits per heavy atom. The predicted octanol–water partition coefficient (Wildman–Crippen LogP) is 4.74. The van der Waals surface area contributed by atoms with Crippen LogP contribution in [0.4, 0.5) is 8.78 Å². The molecule has 1 aromatic carbocycles. The summed E-state index contributed by atoms with van der Waals surface area (Å²) >= 11 is 5.79. The summed E-state index contributed by atoms with van der Waals surface area (Å²) in [6.07, 6.45) is 5.63. The van der Waals surface area contributed by atoms with Gasteiger partial charge in [0.25, 0.3) is 0 Å². The maximum absolute atomic E-state index is 14.7. The van der Waals surface area contributed by atoms with Gasteiger partial charge in [0, 0.05) is 30.2 Å². The van der Waals surface area contributed by atoms with Crippen LogP contribution in [0, 0.1) is 11.6 Å². The summed E-state index contributed by atoms with van der Waals surface area (Å²) in [7, 11) is 0. The molecule has 4 aromatic rings. The van der Waals surface area contributed by atoms with Crippen LogP contribution in [0.2, 0.25) is 5.02 Å². The van der Waals surface area contributed by atoms with E-state index >= 15 is 0 Å². The average molecular weight is 371 g/mol. The summed E-state index contributed by atoms with van der Waals surface area (Å²) in [5.41, 5.74) is 3.95. The summed E-state index contributed by atoms with van der Waals surface area (Å²) in [4.78, 5) is 4.67. The third-order valence-corrected chi connectivity index (χ3v) is 5.10. The molecule has 0 spiro atoms. The van der Waals surface area contributed by atoms with Gasteiger partial charge in [-0.1, -0.05) is 17.7 Å². The number of fused-ring (bicyclic) bond motifs is 2. The van der Waals surface area contributed by atoms with Crippen molar-refractivity contribution in [1.29, 1.82) is 0 Å². The van der Waals surface area contributed by atoms with Crippen molar-refractivity contribution in [3.63, 3.8) is 0 Å². The lowest BCUT2D eigenvalue weighted by molar-refractivity contribution is 0.585. The molecule has 0 aliphatic carbocycles. The zero-order valence-electron chi connectivity index (χ0n) is 13.6. The van der Waals surface area contributed by atoms with Crippen molar-refractivity contribution in [2.24, 2.45) is 0 Å². The summed E-state index contributed by atoms with van der Waals surface area (Å²) in [6.45, 7) is 0.770. The Balaban J connectivity index is 1.79. The number of hydrogen-bond acceptors (Lipinski definition) is 2. The molecular formula is C19H13ClF2N4. The SMILES string of the molecule is Fc1ccc(-c2nn3c(c2-c2cn4ccccc4n2)CCC3)c(F)c1Cl. The molecule has 130 valence electrons. The van der Waals surface area contributed by atoms with Crippen molar-refractivity contribution in [3.05, 3.63) is 65.1 Å². The topological polar surface area (TPSA) is 35.1 Å². The molecule has 4 heterocycles. The van der Waals surface area contributed by atoms with Gasteiger partial charge in [-0.15, -0.1) is 0 Å².